The van der Waals surface area contributed by atoms with E-state index in [1.807, 2.05) is 0 Å². The Morgan fingerprint density at radius 1 is 1.39 bits per heavy atom. The molecule has 0 unspecified atom stereocenters. The summed E-state index contributed by atoms with van der Waals surface area (Å²) in [5.41, 5.74) is 3.46. The lowest BCUT2D eigenvalue weighted by Crippen LogP contribution is -2.23. The van der Waals surface area contributed by atoms with E-state index in [0.717, 1.165) is 31.0 Å². The van der Waals surface area contributed by atoms with Crippen LogP contribution in [0.5, 0.6) is 0 Å². The molecular weight excluding hydrogens is 246 g/mol. The van der Waals surface area contributed by atoms with Crippen molar-refractivity contribution in [3.8, 4) is 0 Å². The summed E-state index contributed by atoms with van der Waals surface area (Å²) in [5.74, 6) is 1.42. The summed E-state index contributed by atoms with van der Waals surface area (Å²) in [4.78, 5) is 6.90. The third-order valence-corrected chi connectivity index (χ3v) is 3.59. The predicted octanol–water partition coefficient (Wildman–Crippen LogP) is 3.04. The maximum Gasteiger partial charge on any atom is 0.124 e. The highest BCUT2D eigenvalue weighted by Crippen LogP contribution is 2.19. The highest BCUT2D eigenvalue weighted by molar-refractivity contribution is 6.16. The molecule has 2 aromatic rings. The van der Waals surface area contributed by atoms with Crippen LogP contribution in [0.4, 0.5) is 0 Å². The molecule has 0 saturated heterocycles. The number of nitrogens with zero attached hydrogens (tertiary/aromatic N) is 3. The first-order valence-electron chi connectivity index (χ1n) is 6.36. The van der Waals surface area contributed by atoms with E-state index in [4.69, 9.17) is 11.6 Å². The van der Waals surface area contributed by atoms with Gasteiger partial charge in [0.2, 0.25) is 0 Å². The quantitative estimate of drug-likeness (QED) is 0.775. The van der Waals surface area contributed by atoms with Crippen LogP contribution in [0, 0.1) is 6.92 Å². The van der Waals surface area contributed by atoms with E-state index < -0.39 is 0 Å². The second-order valence-corrected chi connectivity index (χ2v) is 4.97. The first-order valence-corrected chi connectivity index (χ1v) is 6.89. The number of hydrogen-bond acceptors (Lipinski definition) is 2. The molecule has 0 bridgehead atoms. The molecule has 0 radical (unpaired) electrons. The summed E-state index contributed by atoms with van der Waals surface area (Å²) < 4.78 is 2.23. The van der Waals surface area contributed by atoms with Crippen LogP contribution in [0.2, 0.25) is 0 Å². The molecule has 1 aromatic heterocycles. The Labute approximate surface area is 113 Å². The second-order valence-electron chi connectivity index (χ2n) is 4.70. The largest absolute Gasteiger partial charge is 0.326 e. The molecule has 0 aliphatic carbocycles. The van der Waals surface area contributed by atoms with Gasteiger partial charge in [-0.15, -0.1) is 11.6 Å². The number of likely N-dealkylation sites (N-methyl/N-ethyl adjacent to an activating group) is 1. The minimum absolute atomic E-state index is 0.462. The van der Waals surface area contributed by atoms with Crippen molar-refractivity contribution in [2.45, 2.75) is 26.3 Å². The zero-order chi connectivity index (χ0) is 13.1. The number of aryl methyl sites for hydroxylation is 1. The van der Waals surface area contributed by atoms with E-state index in [0.29, 0.717) is 5.88 Å². The summed E-state index contributed by atoms with van der Waals surface area (Å²) in [6, 6.07) is 6.38. The van der Waals surface area contributed by atoms with E-state index >= 15 is 0 Å². The zero-order valence-electron chi connectivity index (χ0n) is 11.3. The molecule has 0 aliphatic rings. The lowest BCUT2D eigenvalue weighted by molar-refractivity contribution is 0.335. The van der Waals surface area contributed by atoms with E-state index in [2.05, 4.69) is 53.5 Å². The van der Waals surface area contributed by atoms with Crippen LogP contribution in [0.15, 0.2) is 18.2 Å². The van der Waals surface area contributed by atoms with Crippen molar-refractivity contribution in [2.24, 2.45) is 0 Å². The molecular formula is C14H20ClN3. The number of imidazole rings is 1. The van der Waals surface area contributed by atoms with Crippen LogP contribution in [-0.4, -0.2) is 34.6 Å². The summed E-state index contributed by atoms with van der Waals surface area (Å²) >= 11 is 6.00. The van der Waals surface area contributed by atoms with Gasteiger partial charge in [0.1, 0.15) is 5.82 Å². The minimum Gasteiger partial charge on any atom is -0.326 e. The molecule has 0 aliphatic heterocycles. The second kappa shape index (κ2) is 5.72. The van der Waals surface area contributed by atoms with Crippen molar-refractivity contribution in [3.05, 3.63) is 29.6 Å². The van der Waals surface area contributed by atoms with Crippen molar-refractivity contribution in [2.75, 3.05) is 20.1 Å². The third kappa shape index (κ3) is 2.68. The first-order chi connectivity index (χ1) is 8.65. The Bertz CT molecular complexity index is 533. The zero-order valence-corrected chi connectivity index (χ0v) is 12.0. The van der Waals surface area contributed by atoms with Crippen LogP contribution < -0.4 is 0 Å². The molecule has 0 atom stereocenters. The molecule has 3 nitrogen and oxygen atoms in total. The third-order valence-electron chi connectivity index (χ3n) is 3.35. The number of alkyl halides is 1. The predicted molar refractivity (Wildman–Crippen MR) is 77.2 cm³/mol. The van der Waals surface area contributed by atoms with Crippen LogP contribution in [0.25, 0.3) is 11.0 Å². The fourth-order valence-electron chi connectivity index (χ4n) is 2.07. The number of hydrogen-bond donors (Lipinski definition) is 0. The molecule has 0 amide bonds. The van der Waals surface area contributed by atoms with Crippen molar-refractivity contribution >= 4 is 22.6 Å². The van der Waals surface area contributed by atoms with Crippen LogP contribution in [-0.2, 0) is 12.4 Å². The van der Waals surface area contributed by atoms with Gasteiger partial charge in [-0.3, -0.25) is 0 Å². The van der Waals surface area contributed by atoms with Crippen molar-refractivity contribution in [3.63, 3.8) is 0 Å². The van der Waals surface area contributed by atoms with Gasteiger partial charge in [0.15, 0.2) is 0 Å². The normalized spacial score (nSPS) is 11.6. The van der Waals surface area contributed by atoms with Crippen LogP contribution in [0.1, 0.15) is 18.3 Å². The Kier molecular flexibility index (Phi) is 4.25. The van der Waals surface area contributed by atoms with E-state index in [1.54, 1.807) is 0 Å². The van der Waals surface area contributed by atoms with Gasteiger partial charge in [-0.05, 0) is 38.2 Å². The van der Waals surface area contributed by atoms with Gasteiger partial charge < -0.3 is 9.47 Å². The maximum absolute atomic E-state index is 6.00. The average Bonchev–Trinajstić information content (AvgIpc) is 2.72. The highest BCUT2D eigenvalue weighted by Gasteiger charge is 2.10. The van der Waals surface area contributed by atoms with Gasteiger partial charge in [-0.2, -0.15) is 0 Å². The number of halogens is 1. The molecule has 0 spiro atoms. The topological polar surface area (TPSA) is 21.1 Å². The summed E-state index contributed by atoms with van der Waals surface area (Å²) in [5, 5.41) is 0. The molecule has 0 N–H and O–H groups in total. The number of rotatable bonds is 5. The SMILES string of the molecule is CCN(C)CCn1c(CCl)nc2cc(C)ccc21. The van der Waals surface area contributed by atoms with E-state index in [1.165, 1.54) is 11.1 Å². The van der Waals surface area contributed by atoms with Gasteiger partial charge >= 0.3 is 0 Å². The number of benzene rings is 1. The number of fused-ring (bicyclic) bond motifs is 1. The van der Waals surface area contributed by atoms with E-state index in [9.17, 15) is 0 Å². The smallest absolute Gasteiger partial charge is 0.124 e. The monoisotopic (exact) mass is 265 g/mol. The molecule has 4 heteroatoms. The molecule has 1 heterocycles. The summed E-state index contributed by atoms with van der Waals surface area (Å²) in [7, 11) is 2.13. The Morgan fingerprint density at radius 2 is 2.17 bits per heavy atom. The van der Waals surface area contributed by atoms with Gasteiger partial charge in [0.25, 0.3) is 0 Å². The lowest BCUT2D eigenvalue weighted by Gasteiger charge is -2.15. The Morgan fingerprint density at radius 3 is 2.83 bits per heavy atom. The first kappa shape index (κ1) is 13.4. The highest BCUT2D eigenvalue weighted by atomic mass is 35.5. The molecule has 18 heavy (non-hydrogen) atoms. The van der Waals surface area contributed by atoms with E-state index in [-0.39, 0.29) is 0 Å². The van der Waals surface area contributed by atoms with Crippen molar-refractivity contribution in [1.29, 1.82) is 0 Å². The lowest BCUT2D eigenvalue weighted by atomic mass is 10.2. The molecule has 1 aromatic carbocycles. The molecule has 98 valence electrons. The number of aromatic nitrogens is 2. The van der Waals surface area contributed by atoms with Crippen molar-refractivity contribution in [1.82, 2.24) is 14.5 Å². The van der Waals surface area contributed by atoms with Gasteiger partial charge in [-0.25, -0.2) is 4.98 Å². The molecule has 0 saturated carbocycles. The van der Waals surface area contributed by atoms with Crippen LogP contribution >= 0.6 is 11.6 Å². The average molecular weight is 266 g/mol. The van der Waals surface area contributed by atoms with Gasteiger partial charge in [0, 0.05) is 13.1 Å². The van der Waals surface area contributed by atoms with Crippen molar-refractivity contribution < 1.29 is 0 Å². The fraction of sp³-hybridized carbons (Fsp3) is 0.500. The fourth-order valence-corrected chi connectivity index (χ4v) is 2.27. The van der Waals surface area contributed by atoms with Gasteiger partial charge in [-0.1, -0.05) is 13.0 Å². The summed E-state index contributed by atoms with van der Waals surface area (Å²) in [6.45, 7) is 7.26. The van der Waals surface area contributed by atoms with Crippen LogP contribution in [0.3, 0.4) is 0 Å². The van der Waals surface area contributed by atoms with Gasteiger partial charge in [0.05, 0.1) is 16.9 Å². The molecule has 2 rings (SSSR count). The summed E-state index contributed by atoms with van der Waals surface area (Å²) in [6.07, 6.45) is 0. The standard InChI is InChI=1S/C14H20ClN3/c1-4-17(3)7-8-18-13-6-5-11(2)9-12(13)16-14(18)10-15/h5-6,9H,4,7-8,10H2,1-3H3. The Balaban J connectivity index is 2.34. The maximum atomic E-state index is 6.00. The molecule has 0 fully saturated rings. The minimum atomic E-state index is 0.462. The Hall–Kier alpha value is -1.06.